The summed E-state index contributed by atoms with van der Waals surface area (Å²) < 4.78 is 54.1. The molecule has 1 N–H and O–H groups in total. The number of alkyl halides is 3. The van der Waals surface area contributed by atoms with Gasteiger partial charge in [-0.1, -0.05) is 0 Å². The van der Waals surface area contributed by atoms with Gasteiger partial charge in [0.25, 0.3) is 5.91 Å². The van der Waals surface area contributed by atoms with Gasteiger partial charge in [-0.25, -0.2) is 9.37 Å². The normalized spacial score (nSPS) is 13.6. The summed E-state index contributed by atoms with van der Waals surface area (Å²) >= 11 is 0. The Kier molecular flexibility index (Phi) is 6.40. The molecule has 2 heterocycles. The summed E-state index contributed by atoms with van der Waals surface area (Å²) in [5.41, 5.74) is 2.89. The predicted molar refractivity (Wildman–Crippen MR) is 118 cm³/mol. The van der Waals surface area contributed by atoms with Gasteiger partial charge in [0.15, 0.2) is 0 Å². The van der Waals surface area contributed by atoms with Crippen LogP contribution in [0, 0.1) is 5.82 Å². The summed E-state index contributed by atoms with van der Waals surface area (Å²) in [7, 11) is 0. The Labute approximate surface area is 193 Å². The lowest BCUT2D eigenvalue weighted by molar-refractivity contribution is -0.274. The highest BCUT2D eigenvalue weighted by Crippen LogP contribution is 2.29. The number of halogens is 4. The smallest absolute Gasteiger partial charge is 0.406 e. The van der Waals surface area contributed by atoms with Crippen molar-refractivity contribution in [1.82, 2.24) is 9.88 Å². The highest BCUT2D eigenvalue weighted by molar-refractivity contribution is 6.03. The van der Waals surface area contributed by atoms with E-state index in [9.17, 15) is 22.4 Å². The quantitative estimate of drug-likeness (QED) is 0.480. The van der Waals surface area contributed by atoms with Crippen LogP contribution in [0.3, 0.4) is 0 Å². The van der Waals surface area contributed by atoms with Crippen LogP contribution in [0.1, 0.15) is 22.8 Å². The van der Waals surface area contributed by atoms with Crippen molar-refractivity contribution in [2.75, 3.05) is 16.9 Å². The third kappa shape index (κ3) is 5.83. The van der Waals surface area contributed by atoms with E-state index in [1.807, 2.05) is 24.1 Å². The summed E-state index contributed by atoms with van der Waals surface area (Å²) in [5, 5.41) is 2.70. The molecule has 0 unspecified atom stereocenters. The second kappa shape index (κ2) is 9.42. The maximum Gasteiger partial charge on any atom is 0.573 e. The molecule has 4 rings (SSSR count). The summed E-state index contributed by atoms with van der Waals surface area (Å²) in [6.07, 6.45) is -1.25. The number of carbonyl (C=O) groups is 1. The van der Waals surface area contributed by atoms with E-state index >= 15 is 0 Å². The first-order chi connectivity index (χ1) is 16.2. The molecule has 176 valence electrons. The number of aromatic nitrogens is 1. The number of benzene rings is 2. The summed E-state index contributed by atoms with van der Waals surface area (Å²) in [4.78, 5) is 20.5. The first-order valence-corrected chi connectivity index (χ1v) is 10.2. The molecule has 34 heavy (non-hydrogen) atoms. The van der Waals surface area contributed by atoms with E-state index in [2.05, 4.69) is 19.9 Å². The fourth-order valence-electron chi connectivity index (χ4n) is 3.46. The van der Waals surface area contributed by atoms with Crippen molar-refractivity contribution in [2.45, 2.75) is 19.8 Å². The van der Waals surface area contributed by atoms with E-state index in [-0.39, 0.29) is 5.75 Å². The molecule has 0 bridgehead atoms. The van der Waals surface area contributed by atoms with Gasteiger partial charge in [0.2, 0.25) is 0 Å². The standard InChI is InChI=1S/C24H20F4N4O2/c1-16-13-32(20-6-8-21(9-7-20)34-24(26,27)28)15-31(16)14-17-10-11-29-22(12-17)30-23(33)18-2-4-19(25)5-3-18/h2-13H,14-15H2,1H3,(H,29,30,33). The highest BCUT2D eigenvalue weighted by atomic mass is 19.4. The van der Waals surface area contributed by atoms with Gasteiger partial charge in [-0.15, -0.1) is 13.2 Å². The number of nitrogens with one attached hydrogen (secondary N) is 1. The number of nitrogens with zero attached hydrogens (tertiary/aromatic N) is 3. The molecule has 0 saturated carbocycles. The van der Waals surface area contributed by atoms with Crippen LogP contribution in [0.25, 0.3) is 0 Å². The molecule has 0 atom stereocenters. The van der Waals surface area contributed by atoms with Crippen LogP contribution in [0.2, 0.25) is 0 Å². The van der Waals surface area contributed by atoms with Crippen LogP contribution in [-0.4, -0.2) is 28.8 Å². The number of allylic oxidation sites excluding steroid dienone is 1. The molecule has 0 saturated heterocycles. The third-order valence-corrected chi connectivity index (χ3v) is 5.11. The summed E-state index contributed by atoms with van der Waals surface area (Å²) in [5.74, 6) is -0.735. The van der Waals surface area contributed by atoms with Crippen molar-refractivity contribution >= 4 is 17.4 Å². The fourth-order valence-corrected chi connectivity index (χ4v) is 3.46. The second-order valence-electron chi connectivity index (χ2n) is 7.63. The molecule has 2 aromatic carbocycles. The monoisotopic (exact) mass is 472 g/mol. The molecule has 0 spiro atoms. The van der Waals surface area contributed by atoms with Crippen molar-refractivity contribution in [3.8, 4) is 5.75 Å². The van der Waals surface area contributed by atoms with Crippen molar-refractivity contribution in [3.05, 3.63) is 95.7 Å². The second-order valence-corrected chi connectivity index (χ2v) is 7.63. The SMILES string of the molecule is CC1=CN(c2ccc(OC(F)(F)F)cc2)CN1Cc1ccnc(NC(=O)c2ccc(F)cc2)c1. The minimum absolute atomic E-state index is 0.278. The number of carbonyl (C=O) groups excluding carboxylic acids is 1. The summed E-state index contributed by atoms with van der Waals surface area (Å²) in [6.45, 7) is 2.94. The molecule has 6 nitrogen and oxygen atoms in total. The van der Waals surface area contributed by atoms with Gasteiger partial charge in [0.1, 0.15) is 17.4 Å². The zero-order chi connectivity index (χ0) is 24.3. The molecule has 1 amide bonds. The lowest BCUT2D eigenvalue weighted by Gasteiger charge is -2.23. The minimum Gasteiger partial charge on any atom is -0.406 e. The molecule has 0 aliphatic carbocycles. The Bertz CT molecular complexity index is 1190. The third-order valence-electron chi connectivity index (χ3n) is 5.11. The van der Waals surface area contributed by atoms with E-state index in [0.717, 1.165) is 16.9 Å². The first-order valence-electron chi connectivity index (χ1n) is 10.2. The van der Waals surface area contributed by atoms with E-state index < -0.39 is 18.1 Å². The van der Waals surface area contributed by atoms with Gasteiger partial charge in [0.05, 0.1) is 6.67 Å². The molecule has 1 aromatic heterocycles. The zero-order valence-corrected chi connectivity index (χ0v) is 18.0. The molecule has 1 aliphatic rings. The Hall–Kier alpha value is -4.08. The van der Waals surface area contributed by atoms with Gasteiger partial charge in [-0.05, 0) is 73.2 Å². The van der Waals surface area contributed by atoms with E-state index in [0.29, 0.717) is 24.6 Å². The van der Waals surface area contributed by atoms with Crippen LogP contribution in [0.15, 0.2) is 78.8 Å². The molecule has 0 fully saturated rings. The van der Waals surface area contributed by atoms with Crippen molar-refractivity contribution in [1.29, 1.82) is 0 Å². The topological polar surface area (TPSA) is 57.7 Å². The average molecular weight is 472 g/mol. The number of hydrogen-bond donors (Lipinski definition) is 1. The number of hydrogen-bond acceptors (Lipinski definition) is 5. The van der Waals surface area contributed by atoms with E-state index in [1.54, 1.807) is 24.4 Å². The highest BCUT2D eigenvalue weighted by Gasteiger charge is 2.31. The Morgan fingerprint density at radius 2 is 1.79 bits per heavy atom. The average Bonchev–Trinajstić information content (AvgIpc) is 3.14. The van der Waals surface area contributed by atoms with Crippen molar-refractivity contribution < 1.29 is 27.1 Å². The fraction of sp³-hybridized carbons (Fsp3) is 0.167. The van der Waals surface area contributed by atoms with Gasteiger partial charge in [-0.2, -0.15) is 0 Å². The maximum absolute atomic E-state index is 13.1. The van der Waals surface area contributed by atoms with Gasteiger partial charge in [-0.3, -0.25) is 4.79 Å². The van der Waals surface area contributed by atoms with Crippen LogP contribution >= 0.6 is 0 Å². The van der Waals surface area contributed by atoms with E-state index in [1.165, 1.54) is 36.4 Å². The lowest BCUT2D eigenvalue weighted by atomic mass is 10.2. The zero-order valence-electron chi connectivity index (χ0n) is 18.0. The number of amides is 1. The molecular formula is C24H20F4N4O2. The van der Waals surface area contributed by atoms with Crippen LogP contribution in [0.4, 0.5) is 29.1 Å². The van der Waals surface area contributed by atoms with Crippen LogP contribution < -0.4 is 15.0 Å². The number of rotatable bonds is 6. The van der Waals surface area contributed by atoms with Gasteiger partial charge >= 0.3 is 6.36 Å². The van der Waals surface area contributed by atoms with Crippen LogP contribution in [0.5, 0.6) is 5.75 Å². The van der Waals surface area contributed by atoms with E-state index in [4.69, 9.17) is 0 Å². The Balaban J connectivity index is 1.38. The molecule has 1 aliphatic heterocycles. The minimum atomic E-state index is -4.73. The molecule has 3 aromatic rings. The number of anilines is 2. The first kappa shape index (κ1) is 23.1. The van der Waals surface area contributed by atoms with Crippen molar-refractivity contribution in [3.63, 3.8) is 0 Å². The van der Waals surface area contributed by atoms with Crippen molar-refractivity contribution in [2.24, 2.45) is 0 Å². The van der Waals surface area contributed by atoms with Gasteiger partial charge < -0.3 is 19.9 Å². The Morgan fingerprint density at radius 1 is 1.09 bits per heavy atom. The number of pyridine rings is 1. The van der Waals surface area contributed by atoms with Crippen LogP contribution in [-0.2, 0) is 6.54 Å². The van der Waals surface area contributed by atoms with Gasteiger partial charge in [0, 0.05) is 35.9 Å². The maximum atomic E-state index is 13.1. The summed E-state index contributed by atoms with van der Waals surface area (Å²) in [6, 6.07) is 14.4. The Morgan fingerprint density at radius 3 is 2.47 bits per heavy atom. The lowest BCUT2D eigenvalue weighted by Crippen LogP contribution is -2.26. The molecule has 0 radical (unpaired) electrons. The number of ether oxygens (including phenoxy) is 1. The largest absolute Gasteiger partial charge is 0.573 e. The molecule has 10 heteroatoms. The molecular weight excluding hydrogens is 452 g/mol. The predicted octanol–water partition coefficient (Wildman–Crippen LogP) is 5.51.